The van der Waals surface area contributed by atoms with Gasteiger partial charge in [-0.05, 0) is 31.0 Å². The third kappa shape index (κ3) is 1.88. The SMILES string of the molecule is Cn1c(=O)n(-c2cccc(N3CCCC3)c2)c(=O)n1C. The van der Waals surface area contributed by atoms with E-state index in [0.717, 1.165) is 18.8 Å². The lowest BCUT2D eigenvalue weighted by Gasteiger charge is -2.18. The molecular weight excluding hydrogens is 256 g/mol. The van der Waals surface area contributed by atoms with Crippen LogP contribution in [0.2, 0.25) is 0 Å². The Morgan fingerprint density at radius 2 is 1.45 bits per heavy atom. The molecule has 0 aliphatic carbocycles. The van der Waals surface area contributed by atoms with E-state index in [0.29, 0.717) is 5.69 Å². The van der Waals surface area contributed by atoms with Gasteiger partial charge in [0.15, 0.2) is 0 Å². The van der Waals surface area contributed by atoms with Crippen LogP contribution in [0.4, 0.5) is 5.69 Å². The maximum Gasteiger partial charge on any atom is 0.351 e. The van der Waals surface area contributed by atoms with Gasteiger partial charge in [-0.1, -0.05) is 6.07 Å². The van der Waals surface area contributed by atoms with Crippen molar-refractivity contribution in [3.63, 3.8) is 0 Å². The highest BCUT2D eigenvalue weighted by molar-refractivity contribution is 5.53. The van der Waals surface area contributed by atoms with Crippen LogP contribution in [0.5, 0.6) is 0 Å². The van der Waals surface area contributed by atoms with Gasteiger partial charge in [0.2, 0.25) is 0 Å². The Kier molecular flexibility index (Phi) is 3.00. The highest BCUT2D eigenvalue weighted by Crippen LogP contribution is 2.21. The van der Waals surface area contributed by atoms with Gasteiger partial charge in [-0.15, -0.1) is 0 Å². The van der Waals surface area contributed by atoms with E-state index in [1.807, 2.05) is 18.2 Å². The highest BCUT2D eigenvalue weighted by atomic mass is 16.2. The Morgan fingerprint density at radius 3 is 2.05 bits per heavy atom. The number of benzene rings is 1. The van der Waals surface area contributed by atoms with E-state index in [1.54, 1.807) is 20.2 Å². The van der Waals surface area contributed by atoms with Crippen LogP contribution in [0, 0.1) is 0 Å². The average molecular weight is 274 g/mol. The van der Waals surface area contributed by atoms with Crippen LogP contribution in [-0.2, 0) is 14.1 Å². The van der Waals surface area contributed by atoms with Crippen molar-refractivity contribution in [1.82, 2.24) is 13.9 Å². The van der Waals surface area contributed by atoms with E-state index < -0.39 is 0 Å². The van der Waals surface area contributed by atoms with Crippen LogP contribution in [0.1, 0.15) is 12.8 Å². The molecule has 20 heavy (non-hydrogen) atoms. The number of nitrogens with zero attached hydrogens (tertiary/aromatic N) is 4. The fraction of sp³-hybridized carbons (Fsp3) is 0.429. The molecule has 106 valence electrons. The van der Waals surface area contributed by atoms with E-state index >= 15 is 0 Å². The summed E-state index contributed by atoms with van der Waals surface area (Å²) in [6.45, 7) is 2.07. The van der Waals surface area contributed by atoms with Gasteiger partial charge < -0.3 is 4.90 Å². The third-order valence-corrected chi connectivity index (χ3v) is 3.95. The molecule has 0 saturated carbocycles. The molecule has 1 fully saturated rings. The minimum Gasteiger partial charge on any atom is -0.371 e. The quantitative estimate of drug-likeness (QED) is 0.800. The second-order valence-corrected chi connectivity index (χ2v) is 5.16. The average Bonchev–Trinajstić information content (AvgIpc) is 3.05. The van der Waals surface area contributed by atoms with Gasteiger partial charge in [-0.25, -0.2) is 23.5 Å². The van der Waals surface area contributed by atoms with Crippen LogP contribution in [0.15, 0.2) is 33.9 Å². The van der Waals surface area contributed by atoms with Crippen molar-refractivity contribution in [2.75, 3.05) is 18.0 Å². The Morgan fingerprint density at radius 1 is 0.900 bits per heavy atom. The summed E-state index contributed by atoms with van der Waals surface area (Å²) in [4.78, 5) is 26.5. The van der Waals surface area contributed by atoms with Crippen LogP contribution in [0.25, 0.3) is 5.69 Å². The molecule has 0 N–H and O–H groups in total. The lowest BCUT2D eigenvalue weighted by Crippen LogP contribution is -2.27. The largest absolute Gasteiger partial charge is 0.371 e. The molecule has 0 radical (unpaired) electrons. The molecule has 2 heterocycles. The molecule has 0 bridgehead atoms. The normalized spacial score (nSPS) is 15.0. The molecule has 1 aliphatic rings. The van der Waals surface area contributed by atoms with Crippen molar-refractivity contribution >= 4 is 5.69 Å². The molecule has 1 aromatic carbocycles. The maximum absolute atomic E-state index is 12.1. The number of hydrogen-bond donors (Lipinski definition) is 0. The van der Waals surface area contributed by atoms with Crippen molar-refractivity contribution in [3.05, 3.63) is 45.2 Å². The summed E-state index contributed by atoms with van der Waals surface area (Å²) < 4.78 is 3.83. The second kappa shape index (κ2) is 4.70. The van der Waals surface area contributed by atoms with Gasteiger partial charge in [0.05, 0.1) is 5.69 Å². The summed E-state index contributed by atoms with van der Waals surface area (Å²) in [5.74, 6) is 0. The molecule has 1 saturated heterocycles. The molecule has 1 aliphatic heterocycles. The fourth-order valence-electron chi connectivity index (χ4n) is 2.65. The van der Waals surface area contributed by atoms with E-state index in [1.165, 1.54) is 26.8 Å². The molecular formula is C14H18N4O2. The zero-order chi connectivity index (χ0) is 14.3. The van der Waals surface area contributed by atoms with Crippen LogP contribution < -0.4 is 16.3 Å². The molecule has 6 heteroatoms. The summed E-state index contributed by atoms with van der Waals surface area (Å²) in [5, 5.41) is 0. The van der Waals surface area contributed by atoms with Gasteiger partial charge in [0, 0.05) is 32.9 Å². The first-order valence-electron chi connectivity index (χ1n) is 6.80. The molecule has 0 unspecified atom stereocenters. The topological polar surface area (TPSA) is 52.2 Å². The van der Waals surface area contributed by atoms with E-state index in [9.17, 15) is 9.59 Å². The number of rotatable bonds is 2. The molecule has 0 spiro atoms. The Labute approximate surface area is 116 Å². The zero-order valence-electron chi connectivity index (χ0n) is 11.7. The van der Waals surface area contributed by atoms with Crippen molar-refractivity contribution in [2.45, 2.75) is 12.8 Å². The van der Waals surface area contributed by atoms with Gasteiger partial charge in [0.1, 0.15) is 0 Å². The van der Waals surface area contributed by atoms with Crippen LogP contribution in [-0.4, -0.2) is 27.0 Å². The predicted octanol–water partition coefficient (Wildman–Crippen LogP) is 0.475. The van der Waals surface area contributed by atoms with Crippen molar-refractivity contribution in [2.24, 2.45) is 14.1 Å². The van der Waals surface area contributed by atoms with Crippen molar-refractivity contribution in [3.8, 4) is 5.69 Å². The van der Waals surface area contributed by atoms with Crippen LogP contribution >= 0.6 is 0 Å². The Balaban J connectivity index is 2.12. The predicted molar refractivity (Wildman–Crippen MR) is 77.7 cm³/mol. The summed E-state index contributed by atoms with van der Waals surface area (Å²) >= 11 is 0. The number of aromatic nitrogens is 3. The fourth-order valence-corrected chi connectivity index (χ4v) is 2.65. The highest BCUT2D eigenvalue weighted by Gasteiger charge is 2.15. The molecule has 0 atom stereocenters. The molecule has 2 aromatic rings. The standard InChI is InChI=1S/C14H18N4O2/c1-15-13(19)18(14(20)16(15)2)12-7-5-6-11(10-12)17-8-3-4-9-17/h5-7,10H,3-4,8-9H2,1-2H3. The van der Waals surface area contributed by atoms with E-state index in [4.69, 9.17) is 0 Å². The lowest BCUT2D eigenvalue weighted by atomic mass is 10.2. The molecule has 1 aromatic heterocycles. The monoisotopic (exact) mass is 274 g/mol. The van der Waals surface area contributed by atoms with Crippen LogP contribution in [0.3, 0.4) is 0 Å². The maximum atomic E-state index is 12.1. The third-order valence-electron chi connectivity index (χ3n) is 3.95. The van der Waals surface area contributed by atoms with Crippen molar-refractivity contribution < 1.29 is 0 Å². The first kappa shape index (κ1) is 12.8. The minimum absolute atomic E-state index is 0.323. The first-order valence-corrected chi connectivity index (χ1v) is 6.80. The number of hydrogen-bond acceptors (Lipinski definition) is 3. The zero-order valence-corrected chi connectivity index (χ0v) is 11.7. The van der Waals surface area contributed by atoms with Gasteiger partial charge in [0.25, 0.3) is 0 Å². The minimum atomic E-state index is -0.323. The smallest absolute Gasteiger partial charge is 0.351 e. The van der Waals surface area contributed by atoms with Crippen molar-refractivity contribution in [1.29, 1.82) is 0 Å². The molecule has 6 nitrogen and oxygen atoms in total. The number of anilines is 1. The summed E-state index contributed by atoms with van der Waals surface area (Å²) in [5.41, 5.74) is 1.05. The molecule has 3 rings (SSSR count). The Bertz CT molecular complexity index is 714. The van der Waals surface area contributed by atoms with Gasteiger partial charge in [-0.3, -0.25) is 0 Å². The summed E-state index contributed by atoms with van der Waals surface area (Å²) in [6, 6.07) is 7.62. The molecule has 0 amide bonds. The van der Waals surface area contributed by atoms with E-state index in [-0.39, 0.29) is 11.4 Å². The van der Waals surface area contributed by atoms with E-state index in [2.05, 4.69) is 4.90 Å². The second-order valence-electron chi connectivity index (χ2n) is 5.16. The lowest BCUT2D eigenvalue weighted by molar-refractivity contribution is 0.565. The van der Waals surface area contributed by atoms with Gasteiger partial charge in [-0.2, -0.15) is 0 Å². The summed E-state index contributed by atoms with van der Waals surface area (Å²) in [7, 11) is 3.18. The summed E-state index contributed by atoms with van der Waals surface area (Å²) in [6.07, 6.45) is 2.38. The van der Waals surface area contributed by atoms with Gasteiger partial charge >= 0.3 is 11.4 Å². The Hall–Kier alpha value is -2.24. The first-order chi connectivity index (χ1) is 9.59.